The van der Waals surface area contributed by atoms with Gasteiger partial charge in [-0.05, 0) is 56.2 Å². The van der Waals surface area contributed by atoms with Crippen LogP contribution in [0.1, 0.15) is 42.5 Å². The molecule has 2 aromatic rings. The molecule has 4 heterocycles. The molecular weight excluding hydrogens is 382 g/mol. The molecule has 0 aromatic carbocycles. The summed E-state index contributed by atoms with van der Waals surface area (Å²) < 4.78 is 17.2. The summed E-state index contributed by atoms with van der Waals surface area (Å²) in [5.74, 6) is 2.00. The second-order valence-electron chi connectivity index (χ2n) is 8.09. The smallest absolute Gasteiger partial charge is 0.255 e. The molecule has 4 rings (SSSR count). The Hall–Kier alpha value is -2.67. The van der Waals surface area contributed by atoms with Crippen molar-refractivity contribution < 1.29 is 19.0 Å². The fraction of sp³-hybridized carbons (Fsp3) is 0.522. The topological polar surface area (TPSA) is 73.8 Å². The maximum absolute atomic E-state index is 12.8. The Morgan fingerprint density at radius 1 is 1.23 bits per heavy atom. The van der Waals surface area contributed by atoms with Gasteiger partial charge in [-0.2, -0.15) is 0 Å². The molecule has 2 aliphatic rings. The van der Waals surface area contributed by atoms with Gasteiger partial charge in [0.05, 0.1) is 24.9 Å². The molecule has 1 unspecified atom stereocenters. The molecule has 2 saturated heterocycles. The standard InChI is InChI=1S/C23H29N3O4/c1-28-21-3-2-19(17-25-21)22(27)26-12-8-23(9-13-26)16-18(7-15-30-23)6-14-29-20-4-10-24-11-5-20/h2-5,10-11,17-18H,6-9,12-16H2,1H3. The SMILES string of the molecule is COc1ccc(C(=O)N2CCC3(CC2)CC(CCOc2ccncc2)CCO3)cn1. The number of ether oxygens (including phenoxy) is 3. The van der Waals surface area contributed by atoms with Gasteiger partial charge in [0, 0.05) is 44.4 Å². The maximum atomic E-state index is 12.8. The molecule has 0 bridgehead atoms. The highest BCUT2D eigenvalue weighted by Crippen LogP contribution is 2.39. The molecule has 0 saturated carbocycles. The number of methoxy groups -OCH3 is 1. The van der Waals surface area contributed by atoms with E-state index >= 15 is 0 Å². The first kappa shape index (κ1) is 20.6. The Morgan fingerprint density at radius 3 is 2.73 bits per heavy atom. The van der Waals surface area contributed by atoms with Crippen molar-refractivity contribution in [3.8, 4) is 11.6 Å². The van der Waals surface area contributed by atoms with Crippen molar-refractivity contribution in [2.45, 2.75) is 37.7 Å². The van der Waals surface area contributed by atoms with Gasteiger partial charge >= 0.3 is 0 Å². The number of carbonyl (C=O) groups is 1. The molecule has 1 amide bonds. The van der Waals surface area contributed by atoms with E-state index in [9.17, 15) is 4.79 Å². The normalized spacial score (nSPS) is 20.7. The van der Waals surface area contributed by atoms with Crippen LogP contribution in [0.25, 0.3) is 0 Å². The zero-order valence-electron chi connectivity index (χ0n) is 17.5. The fourth-order valence-corrected chi connectivity index (χ4v) is 4.43. The van der Waals surface area contributed by atoms with Gasteiger partial charge in [0.2, 0.25) is 5.88 Å². The van der Waals surface area contributed by atoms with Crippen LogP contribution in [0.2, 0.25) is 0 Å². The first-order valence-corrected chi connectivity index (χ1v) is 10.6. The first-order chi connectivity index (χ1) is 14.7. The molecule has 30 heavy (non-hydrogen) atoms. The first-order valence-electron chi connectivity index (χ1n) is 10.6. The van der Waals surface area contributed by atoms with Crippen molar-refractivity contribution in [3.05, 3.63) is 48.4 Å². The second-order valence-corrected chi connectivity index (χ2v) is 8.09. The largest absolute Gasteiger partial charge is 0.493 e. The Bertz CT molecular complexity index is 820. The number of carbonyl (C=O) groups excluding carboxylic acids is 1. The highest BCUT2D eigenvalue weighted by Gasteiger charge is 2.41. The van der Waals surface area contributed by atoms with E-state index in [-0.39, 0.29) is 11.5 Å². The zero-order valence-corrected chi connectivity index (χ0v) is 17.5. The molecule has 7 heteroatoms. The molecule has 1 spiro atoms. The third kappa shape index (κ3) is 4.90. The highest BCUT2D eigenvalue weighted by atomic mass is 16.5. The van der Waals surface area contributed by atoms with Crippen LogP contribution in [0.3, 0.4) is 0 Å². The van der Waals surface area contributed by atoms with Crippen LogP contribution in [-0.2, 0) is 4.74 Å². The number of rotatable bonds is 6. The zero-order chi connectivity index (χ0) is 20.8. The Balaban J connectivity index is 1.27. The molecule has 2 aliphatic heterocycles. The summed E-state index contributed by atoms with van der Waals surface area (Å²) in [4.78, 5) is 22.9. The van der Waals surface area contributed by atoms with Gasteiger partial charge in [-0.15, -0.1) is 0 Å². The van der Waals surface area contributed by atoms with Gasteiger partial charge in [0.15, 0.2) is 0 Å². The highest BCUT2D eigenvalue weighted by molar-refractivity contribution is 5.94. The summed E-state index contributed by atoms with van der Waals surface area (Å²) in [7, 11) is 1.57. The maximum Gasteiger partial charge on any atom is 0.255 e. The summed E-state index contributed by atoms with van der Waals surface area (Å²) >= 11 is 0. The molecule has 7 nitrogen and oxygen atoms in total. The molecule has 160 valence electrons. The summed E-state index contributed by atoms with van der Waals surface area (Å²) in [6, 6.07) is 7.27. The third-order valence-electron chi connectivity index (χ3n) is 6.19. The van der Waals surface area contributed by atoms with Crippen molar-refractivity contribution in [1.82, 2.24) is 14.9 Å². The number of amides is 1. The average Bonchev–Trinajstić information content (AvgIpc) is 2.80. The Morgan fingerprint density at radius 2 is 2.03 bits per heavy atom. The van der Waals surface area contributed by atoms with Gasteiger partial charge in [0.25, 0.3) is 5.91 Å². The lowest BCUT2D eigenvalue weighted by Crippen LogP contribution is -2.50. The van der Waals surface area contributed by atoms with E-state index in [4.69, 9.17) is 14.2 Å². The minimum Gasteiger partial charge on any atom is -0.493 e. The van der Waals surface area contributed by atoms with Gasteiger partial charge in [-0.3, -0.25) is 9.78 Å². The molecule has 0 aliphatic carbocycles. The van der Waals surface area contributed by atoms with E-state index in [0.717, 1.165) is 44.5 Å². The lowest BCUT2D eigenvalue weighted by Gasteiger charge is -2.46. The van der Waals surface area contributed by atoms with Crippen molar-refractivity contribution in [2.24, 2.45) is 5.92 Å². The van der Waals surface area contributed by atoms with Crippen molar-refractivity contribution in [2.75, 3.05) is 33.4 Å². The number of aromatic nitrogens is 2. The van der Waals surface area contributed by atoms with Crippen LogP contribution < -0.4 is 9.47 Å². The van der Waals surface area contributed by atoms with E-state index in [2.05, 4.69) is 9.97 Å². The van der Waals surface area contributed by atoms with Crippen molar-refractivity contribution in [3.63, 3.8) is 0 Å². The van der Waals surface area contributed by atoms with Gasteiger partial charge in [-0.25, -0.2) is 4.98 Å². The molecule has 2 fully saturated rings. The van der Waals surface area contributed by atoms with Gasteiger partial charge in [0.1, 0.15) is 5.75 Å². The average molecular weight is 412 g/mol. The lowest BCUT2D eigenvalue weighted by atomic mass is 9.78. The van der Waals surface area contributed by atoms with E-state index in [1.54, 1.807) is 37.8 Å². The van der Waals surface area contributed by atoms with Crippen LogP contribution in [0.4, 0.5) is 0 Å². The molecule has 0 radical (unpaired) electrons. The predicted molar refractivity (Wildman–Crippen MR) is 112 cm³/mol. The van der Waals surface area contributed by atoms with Crippen LogP contribution in [0.5, 0.6) is 11.6 Å². The van der Waals surface area contributed by atoms with E-state index < -0.39 is 0 Å². The number of pyridine rings is 2. The number of nitrogens with zero attached hydrogens (tertiary/aromatic N) is 3. The van der Waals surface area contributed by atoms with Crippen LogP contribution in [-0.4, -0.2) is 59.8 Å². The van der Waals surface area contributed by atoms with E-state index in [1.807, 2.05) is 17.0 Å². The van der Waals surface area contributed by atoms with Crippen molar-refractivity contribution >= 4 is 5.91 Å². The summed E-state index contributed by atoms with van der Waals surface area (Å²) in [5.41, 5.74) is 0.497. The van der Waals surface area contributed by atoms with Crippen LogP contribution in [0, 0.1) is 5.92 Å². The number of hydrogen-bond donors (Lipinski definition) is 0. The Labute approximate surface area is 177 Å². The molecular formula is C23H29N3O4. The van der Waals surface area contributed by atoms with E-state index in [0.29, 0.717) is 37.1 Å². The van der Waals surface area contributed by atoms with Crippen molar-refractivity contribution in [1.29, 1.82) is 0 Å². The number of hydrogen-bond acceptors (Lipinski definition) is 6. The lowest BCUT2D eigenvalue weighted by molar-refractivity contribution is -0.125. The monoisotopic (exact) mass is 411 g/mol. The molecule has 2 aromatic heterocycles. The minimum absolute atomic E-state index is 0.0260. The number of likely N-dealkylation sites (tertiary alicyclic amines) is 1. The van der Waals surface area contributed by atoms with E-state index in [1.165, 1.54) is 0 Å². The third-order valence-corrected chi connectivity index (χ3v) is 6.19. The molecule has 0 N–H and O–H groups in total. The number of piperidine rings is 1. The van der Waals surface area contributed by atoms with Gasteiger partial charge in [-0.1, -0.05) is 0 Å². The quantitative estimate of drug-likeness (QED) is 0.726. The van der Waals surface area contributed by atoms with Gasteiger partial charge < -0.3 is 19.1 Å². The summed E-state index contributed by atoms with van der Waals surface area (Å²) in [5, 5.41) is 0. The predicted octanol–water partition coefficient (Wildman–Crippen LogP) is 3.36. The van der Waals surface area contributed by atoms with Crippen LogP contribution >= 0.6 is 0 Å². The Kier molecular flexibility index (Phi) is 6.47. The minimum atomic E-state index is -0.103. The fourth-order valence-electron chi connectivity index (χ4n) is 4.43. The summed E-state index contributed by atoms with van der Waals surface area (Å²) in [6.07, 6.45) is 9.97. The van der Waals surface area contributed by atoms with Crippen LogP contribution in [0.15, 0.2) is 42.9 Å². The second kappa shape index (κ2) is 9.43. The summed E-state index contributed by atoms with van der Waals surface area (Å²) in [6.45, 7) is 2.92. The molecule has 1 atom stereocenters.